The van der Waals surface area contributed by atoms with E-state index in [4.69, 9.17) is 4.98 Å². The van der Waals surface area contributed by atoms with E-state index in [1.807, 2.05) is 23.6 Å². The molecule has 10 rings (SSSR count). The lowest BCUT2D eigenvalue weighted by atomic mass is 9.70. The third kappa shape index (κ3) is 3.05. The highest BCUT2D eigenvalue weighted by atomic mass is 32.1. The molecule has 204 valence electrons. The monoisotopic (exact) mass is 575 g/mol. The Hall–Kier alpha value is -5.31. The number of para-hydroxylation sites is 1. The zero-order chi connectivity index (χ0) is 28.8. The minimum Gasteiger partial charge on any atom is -0.256 e. The molecular formula is C42H25NS. The number of nitrogens with zero attached hydrogens (tertiary/aromatic N) is 1. The van der Waals surface area contributed by atoms with Crippen molar-refractivity contribution in [1.29, 1.82) is 0 Å². The first kappa shape index (κ1) is 24.2. The molecule has 0 saturated carbocycles. The molecule has 0 bridgehead atoms. The number of hydrogen-bond acceptors (Lipinski definition) is 2. The van der Waals surface area contributed by atoms with E-state index in [1.165, 1.54) is 70.6 Å². The molecule has 6 aromatic carbocycles. The van der Waals surface area contributed by atoms with Crippen molar-refractivity contribution in [3.05, 3.63) is 174 Å². The van der Waals surface area contributed by atoms with E-state index in [9.17, 15) is 0 Å². The van der Waals surface area contributed by atoms with Crippen molar-refractivity contribution in [3.63, 3.8) is 0 Å². The van der Waals surface area contributed by atoms with Crippen LogP contribution in [0, 0.1) is 0 Å². The third-order valence-corrected chi connectivity index (χ3v) is 11.0. The lowest BCUT2D eigenvalue weighted by molar-refractivity contribution is 0.803. The van der Waals surface area contributed by atoms with Gasteiger partial charge in [0, 0.05) is 26.7 Å². The normalized spacial score (nSPS) is 15.8. The minimum atomic E-state index is -0.345. The average molecular weight is 576 g/mol. The number of benzene rings is 6. The summed E-state index contributed by atoms with van der Waals surface area (Å²) in [5.74, 6) is 0. The van der Waals surface area contributed by atoms with E-state index in [0.717, 1.165) is 16.5 Å². The van der Waals surface area contributed by atoms with E-state index >= 15 is 0 Å². The van der Waals surface area contributed by atoms with Crippen molar-refractivity contribution in [1.82, 2.24) is 4.98 Å². The zero-order valence-corrected chi connectivity index (χ0v) is 24.6. The Bertz CT molecular complexity index is 2440. The first-order valence-electron chi connectivity index (χ1n) is 15.1. The van der Waals surface area contributed by atoms with Crippen LogP contribution in [0.25, 0.3) is 64.8 Å². The quantitative estimate of drug-likeness (QED) is 0.200. The highest BCUT2D eigenvalue weighted by Crippen LogP contribution is 2.66. The van der Waals surface area contributed by atoms with Crippen LogP contribution in [-0.4, -0.2) is 4.98 Å². The summed E-state index contributed by atoms with van der Waals surface area (Å²) in [6.07, 6.45) is 1.88. The first-order chi connectivity index (χ1) is 21.8. The number of fused-ring (bicyclic) bond motifs is 13. The fourth-order valence-corrected chi connectivity index (χ4v) is 9.25. The predicted molar refractivity (Wildman–Crippen MR) is 184 cm³/mol. The second kappa shape index (κ2) is 8.86. The molecule has 1 atom stereocenters. The Morgan fingerprint density at radius 3 is 2.02 bits per heavy atom. The van der Waals surface area contributed by atoms with Crippen LogP contribution >= 0.6 is 11.3 Å². The van der Waals surface area contributed by atoms with Crippen molar-refractivity contribution in [2.45, 2.75) is 5.41 Å². The summed E-state index contributed by atoms with van der Waals surface area (Å²) in [6, 6.07) is 53.8. The van der Waals surface area contributed by atoms with Gasteiger partial charge in [0.1, 0.15) is 0 Å². The van der Waals surface area contributed by atoms with Crippen molar-refractivity contribution in [2.75, 3.05) is 0 Å². The zero-order valence-electron chi connectivity index (χ0n) is 23.8. The Morgan fingerprint density at radius 2 is 1.14 bits per heavy atom. The molecule has 0 radical (unpaired) electrons. The predicted octanol–water partition coefficient (Wildman–Crippen LogP) is 11.1. The number of rotatable bonds is 2. The molecule has 44 heavy (non-hydrogen) atoms. The fourth-order valence-electron chi connectivity index (χ4n) is 7.95. The largest absolute Gasteiger partial charge is 0.256 e. The van der Waals surface area contributed by atoms with Gasteiger partial charge in [0.25, 0.3) is 0 Å². The molecule has 0 amide bonds. The molecule has 8 aromatic rings. The van der Waals surface area contributed by atoms with E-state index in [2.05, 4.69) is 140 Å². The van der Waals surface area contributed by atoms with Gasteiger partial charge in [0.2, 0.25) is 0 Å². The van der Waals surface area contributed by atoms with Gasteiger partial charge in [-0.3, -0.25) is 4.98 Å². The van der Waals surface area contributed by atoms with Crippen LogP contribution in [0.5, 0.6) is 0 Å². The van der Waals surface area contributed by atoms with Crippen LogP contribution in [0.1, 0.15) is 22.3 Å². The number of thiophene rings is 1. The maximum absolute atomic E-state index is 4.69. The van der Waals surface area contributed by atoms with Gasteiger partial charge in [-0.25, -0.2) is 0 Å². The van der Waals surface area contributed by atoms with Crippen LogP contribution in [-0.2, 0) is 5.41 Å². The minimum absolute atomic E-state index is 0.345. The maximum atomic E-state index is 4.69. The number of aromatic nitrogens is 1. The van der Waals surface area contributed by atoms with Gasteiger partial charge in [0.15, 0.2) is 0 Å². The molecule has 0 aliphatic heterocycles. The third-order valence-electron chi connectivity index (χ3n) is 9.75. The standard InChI is InChI=1S/C42H25NS/c1-4-15-35-31(11-1)32-23-22-29(26-18-20-27(21-19-26)30-14-7-9-28-10-8-24-43-40(28)30)25-37(32)42(35)36-16-5-2-12-33(36)41-39(42)34-13-3-6-17-38(34)44-41/h1-25H. The summed E-state index contributed by atoms with van der Waals surface area (Å²) in [7, 11) is 0. The van der Waals surface area contributed by atoms with Crippen LogP contribution in [0.15, 0.2) is 152 Å². The topological polar surface area (TPSA) is 12.9 Å². The van der Waals surface area contributed by atoms with Crippen LogP contribution in [0.3, 0.4) is 0 Å². The van der Waals surface area contributed by atoms with Crippen LogP contribution in [0.4, 0.5) is 0 Å². The van der Waals surface area contributed by atoms with Crippen molar-refractivity contribution in [2.24, 2.45) is 0 Å². The average Bonchev–Trinajstić information content (AvgIpc) is 3.71. The molecule has 2 heterocycles. The Morgan fingerprint density at radius 1 is 0.477 bits per heavy atom. The van der Waals surface area contributed by atoms with Crippen molar-refractivity contribution >= 4 is 32.3 Å². The second-order valence-corrected chi connectivity index (χ2v) is 12.9. The molecule has 2 heteroatoms. The molecule has 2 aromatic heterocycles. The summed E-state index contributed by atoms with van der Waals surface area (Å²) in [4.78, 5) is 6.10. The van der Waals surface area contributed by atoms with Gasteiger partial charge in [-0.1, -0.05) is 127 Å². The summed E-state index contributed by atoms with van der Waals surface area (Å²) in [5.41, 5.74) is 15.2. The van der Waals surface area contributed by atoms with Gasteiger partial charge in [-0.05, 0) is 79.2 Å². The molecule has 2 aliphatic rings. The van der Waals surface area contributed by atoms with Gasteiger partial charge in [-0.15, -0.1) is 11.3 Å². The van der Waals surface area contributed by atoms with Crippen molar-refractivity contribution in [3.8, 4) is 43.8 Å². The fraction of sp³-hybridized carbons (Fsp3) is 0.0238. The van der Waals surface area contributed by atoms with Crippen molar-refractivity contribution < 1.29 is 0 Å². The smallest absolute Gasteiger partial charge is 0.0780 e. The second-order valence-electron chi connectivity index (χ2n) is 11.9. The van der Waals surface area contributed by atoms with Gasteiger partial charge >= 0.3 is 0 Å². The van der Waals surface area contributed by atoms with Gasteiger partial charge < -0.3 is 0 Å². The first-order valence-corrected chi connectivity index (χ1v) is 15.9. The van der Waals surface area contributed by atoms with E-state index in [1.54, 1.807) is 0 Å². The Balaban J connectivity index is 1.20. The molecule has 2 aliphatic carbocycles. The maximum Gasteiger partial charge on any atom is 0.0780 e. The summed E-state index contributed by atoms with van der Waals surface area (Å²) in [6.45, 7) is 0. The number of hydrogen-bond donors (Lipinski definition) is 0. The molecule has 1 spiro atoms. The molecule has 0 saturated heterocycles. The van der Waals surface area contributed by atoms with Crippen LogP contribution < -0.4 is 0 Å². The van der Waals surface area contributed by atoms with E-state index in [-0.39, 0.29) is 5.41 Å². The highest BCUT2D eigenvalue weighted by molar-refractivity contribution is 7.22. The molecular weight excluding hydrogens is 551 g/mol. The van der Waals surface area contributed by atoms with E-state index in [0.29, 0.717) is 0 Å². The summed E-state index contributed by atoms with van der Waals surface area (Å²) >= 11 is 1.93. The summed E-state index contributed by atoms with van der Waals surface area (Å²) in [5, 5.41) is 2.53. The molecule has 0 fully saturated rings. The van der Waals surface area contributed by atoms with Crippen LogP contribution in [0.2, 0.25) is 0 Å². The SMILES string of the molecule is c1ccc2c(c1)-c1ccc(-c3ccc(-c4cccc5cccnc45)cc3)cc1C21c2ccccc2-c2sc3ccccc3c21. The van der Waals surface area contributed by atoms with Gasteiger partial charge in [-0.2, -0.15) is 0 Å². The molecule has 0 N–H and O–H groups in total. The molecule has 1 unspecified atom stereocenters. The number of pyridine rings is 1. The molecule has 1 nitrogen and oxygen atoms in total. The van der Waals surface area contributed by atoms with Gasteiger partial charge in [0.05, 0.1) is 10.9 Å². The highest BCUT2D eigenvalue weighted by Gasteiger charge is 2.53. The Kier molecular flexibility index (Phi) is 4.86. The lowest BCUT2D eigenvalue weighted by Crippen LogP contribution is -2.25. The summed E-state index contributed by atoms with van der Waals surface area (Å²) < 4.78 is 1.35. The Labute approximate surface area is 259 Å². The lowest BCUT2D eigenvalue weighted by Gasteiger charge is -2.30. The van der Waals surface area contributed by atoms with E-state index < -0.39 is 0 Å².